The molecule has 0 aliphatic carbocycles. The molecular weight excluding hydrogens is 554 g/mol. The number of carbonyl (C=O) groups is 3. The fourth-order valence-corrected chi connectivity index (χ4v) is 7.85. The van der Waals surface area contributed by atoms with Crippen molar-refractivity contribution in [1.82, 2.24) is 9.80 Å². The summed E-state index contributed by atoms with van der Waals surface area (Å²) in [5, 5.41) is 12.8. The van der Waals surface area contributed by atoms with Gasteiger partial charge in [-0.1, -0.05) is 72.8 Å². The molecule has 3 aliphatic rings. The molecule has 3 heterocycles. The van der Waals surface area contributed by atoms with E-state index >= 15 is 4.79 Å². The molecule has 1 spiro atoms. The average molecular weight is 594 g/mol. The molecule has 6 atom stereocenters. The first-order chi connectivity index (χ1) is 21.2. The van der Waals surface area contributed by atoms with Gasteiger partial charge in [0.25, 0.3) is 5.91 Å². The van der Waals surface area contributed by atoms with Gasteiger partial charge >= 0.3 is 0 Å². The normalized spacial score (nSPS) is 27.7. The van der Waals surface area contributed by atoms with Gasteiger partial charge < -0.3 is 24.5 Å². The Morgan fingerprint density at radius 2 is 1.68 bits per heavy atom. The monoisotopic (exact) mass is 593 g/mol. The maximum Gasteiger partial charge on any atom is 0.253 e. The van der Waals surface area contributed by atoms with Crippen molar-refractivity contribution in [3.05, 3.63) is 104 Å². The first-order valence-electron chi connectivity index (χ1n) is 15.2. The van der Waals surface area contributed by atoms with Gasteiger partial charge in [-0.05, 0) is 48.2 Å². The topological polar surface area (TPSA) is 90.4 Å². The summed E-state index contributed by atoms with van der Waals surface area (Å²) in [6, 6.07) is 21.1. The van der Waals surface area contributed by atoms with Crippen LogP contribution in [0.5, 0.6) is 0 Å². The Morgan fingerprint density at radius 1 is 1.00 bits per heavy atom. The second-order valence-corrected chi connectivity index (χ2v) is 12.4. The van der Waals surface area contributed by atoms with Crippen LogP contribution < -0.4 is 4.90 Å². The number of benzene rings is 3. The Balaban J connectivity index is 1.50. The first kappa shape index (κ1) is 29.8. The number of aliphatic hydroxyl groups is 1. The van der Waals surface area contributed by atoms with Gasteiger partial charge in [0.15, 0.2) is 0 Å². The van der Waals surface area contributed by atoms with Gasteiger partial charge in [0.1, 0.15) is 11.6 Å². The number of aliphatic hydroxyl groups excluding tert-OH is 1. The number of hydrogen-bond acceptors (Lipinski definition) is 5. The van der Waals surface area contributed by atoms with Gasteiger partial charge in [0, 0.05) is 25.8 Å². The van der Waals surface area contributed by atoms with Crippen LogP contribution in [0.15, 0.2) is 98.1 Å². The molecule has 44 heavy (non-hydrogen) atoms. The quantitative estimate of drug-likeness (QED) is 0.350. The number of fused-ring (bicyclic) bond motifs is 2. The van der Waals surface area contributed by atoms with Crippen molar-refractivity contribution in [2.45, 2.75) is 43.1 Å². The van der Waals surface area contributed by atoms with Gasteiger partial charge in [-0.25, -0.2) is 0 Å². The lowest BCUT2D eigenvalue weighted by Gasteiger charge is -2.39. The number of amides is 3. The lowest BCUT2D eigenvalue weighted by molar-refractivity contribution is -0.151. The van der Waals surface area contributed by atoms with Crippen molar-refractivity contribution in [2.24, 2.45) is 11.8 Å². The van der Waals surface area contributed by atoms with Gasteiger partial charge in [-0.3, -0.25) is 14.4 Å². The van der Waals surface area contributed by atoms with E-state index in [1.807, 2.05) is 79.7 Å². The number of likely N-dealkylation sites (tertiary alicyclic amines) is 1. The average Bonchev–Trinajstić information content (AvgIpc) is 3.61. The molecular formula is C36H39N3O5. The molecule has 3 amide bonds. The van der Waals surface area contributed by atoms with Gasteiger partial charge in [-0.15, -0.1) is 13.2 Å². The molecule has 0 saturated carbocycles. The zero-order chi connectivity index (χ0) is 31.2. The highest BCUT2D eigenvalue weighted by molar-refractivity contribution is 6.06. The van der Waals surface area contributed by atoms with Gasteiger partial charge in [0.2, 0.25) is 11.8 Å². The van der Waals surface area contributed by atoms with Crippen LogP contribution in [-0.4, -0.2) is 76.6 Å². The predicted octanol–water partition coefficient (Wildman–Crippen LogP) is 4.50. The van der Waals surface area contributed by atoms with Crippen LogP contribution in [0.4, 0.5) is 5.69 Å². The second kappa shape index (κ2) is 11.3. The molecule has 2 unspecified atom stereocenters. The van der Waals surface area contributed by atoms with Crippen LogP contribution >= 0.6 is 0 Å². The molecule has 3 fully saturated rings. The molecule has 1 N–H and O–H groups in total. The smallest absolute Gasteiger partial charge is 0.253 e. The summed E-state index contributed by atoms with van der Waals surface area (Å²) in [4.78, 5) is 48.5. The fraction of sp³-hybridized carbons (Fsp3) is 0.361. The van der Waals surface area contributed by atoms with Crippen LogP contribution in [0.1, 0.15) is 31.4 Å². The summed E-state index contributed by atoms with van der Waals surface area (Å²) in [5.74, 6) is -2.55. The molecule has 6 rings (SSSR count). The maximum atomic E-state index is 15.0. The van der Waals surface area contributed by atoms with Gasteiger partial charge in [0.05, 0.1) is 30.1 Å². The van der Waals surface area contributed by atoms with Crippen LogP contribution in [0.3, 0.4) is 0 Å². The summed E-state index contributed by atoms with van der Waals surface area (Å²) >= 11 is 0. The predicted molar refractivity (Wildman–Crippen MR) is 170 cm³/mol. The highest BCUT2D eigenvalue weighted by atomic mass is 16.5. The number of likely N-dealkylation sites (N-methyl/N-ethyl adjacent to an activating group) is 1. The van der Waals surface area contributed by atoms with E-state index in [9.17, 15) is 14.7 Å². The van der Waals surface area contributed by atoms with E-state index in [-0.39, 0.29) is 24.3 Å². The lowest BCUT2D eigenvalue weighted by atomic mass is 9.66. The highest BCUT2D eigenvalue weighted by Gasteiger charge is 2.79. The second-order valence-electron chi connectivity index (χ2n) is 12.4. The van der Waals surface area contributed by atoms with Crippen molar-refractivity contribution < 1.29 is 24.2 Å². The zero-order valence-corrected chi connectivity index (χ0v) is 25.3. The summed E-state index contributed by atoms with van der Waals surface area (Å²) < 4.78 is 6.84. The third kappa shape index (κ3) is 4.47. The number of rotatable bonds is 10. The number of anilines is 1. The number of carbonyl (C=O) groups excluding carboxylic acids is 3. The molecule has 0 aromatic heterocycles. The van der Waals surface area contributed by atoms with Crippen molar-refractivity contribution in [1.29, 1.82) is 0 Å². The molecule has 3 aliphatic heterocycles. The highest BCUT2D eigenvalue weighted by Crippen LogP contribution is 2.64. The van der Waals surface area contributed by atoms with Crippen LogP contribution in [0, 0.1) is 11.8 Å². The molecule has 228 valence electrons. The first-order valence-corrected chi connectivity index (χ1v) is 15.2. The van der Waals surface area contributed by atoms with Crippen molar-refractivity contribution >= 4 is 34.2 Å². The molecule has 8 heteroatoms. The maximum absolute atomic E-state index is 15.0. The van der Waals surface area contributed by atoms with E-state index in [0.29, 0.717) is 30.6 Å². The summed E-state index contributed by atoms with van der Waals surface area (Å²) in [7, 11) is 1.69. The molecule has 3 aromatic carbocycles. The van der Waals surface area contributed by atoms with Crippen molar-refractivity contribution in [2.75, 3.05) is 31.6 Å². The Labute approximate surface area is 258 Å². The van der Waals surface area contributed by atoms with E-state index in [1.54, 1.807) is 29.0 Å². The minimum absolute atomic E-state index is 0.202. The van der Waals surface area contributed by atoms with E-state index in [1.165, 1.54) is 4.90 Å². The van der Waals surface area contributed by atoms with Crippen LogP contribution in [0.25, 0.3) is 10.8 Å². The van der Waals surface area contributed by atoms with Crippen LogP contribution in [-0.2, 0) is 19.1 Å². The third-order valence-corrected chi connectivity index (χ3v) is 9.81. The van der Waals surface area contributed by atoms with E-state index in [0.717, 1.165) is 10.8 Å². The standard InChI is InChI=1S/C36H39N3O5/c1-5-20-37(4)32(41)29-30-33(42)39(28(23-40)25-13-8-7-9-14-25)31(36(30)19-18-35(29,3)44-36)34(43)38(21-6-2)27-17-16-24-12-10-11-15-26(24)22-27/h5-17,22,28-31,40H,1-2,18-21,23H2,3-4H3/t28-,29-,30+,31?,35+,36?/m1/s1. The number of ether oxygens (including phenoxy) is 1. The SMILES string of the molecule is C=CCN(C)C(=O)[C@H]1[C@H]2C(=O)N([C@H](CO)c3ccccc3)C(C(=O)N(CC=C)c3ccc4ccccc4c3)C23CC[C@]1(C)O3. The zero-order valence-electron chi connectivity index (χ0n) is 25.3. The fourth-order valence-electron chi connectivity index (χ4n) is 7.85. The Bertz CT molecular complexity index is 1620. The Kier molecular flexibility index (Phi) is 7.68. The summed E-state index contributed by atoms with van der Waals surface area (Å²) in [6.07, 6.45) is 4.27. The minimum Gasteiger partial charge on any atom is -0.394 e. The minimum atomic E-state index is -1.24. The van der Waals surface area contributed by atoms with Crippen molar-refractivity contribution in [3.63, 3.8) is 0 Å². The van der Waals surface area contributed by atoms with Crippen molar-refractivity contribution in [3.8, 4) is 0 Å². The molecule has 0 radical (unpaired) electrons. The summed E-state index contributed by atoms with van der Waals surface area (Å²) in [5.41, 5.74) is -0.786. The van der Waals surface area contributed by atoms with Gasteiger partial charge in [-0.2, -0.15) is 0 Å². The third-order valence-electron chi connectivity index (χ3n) is 9.81. The molecule has 3 saturated heterocycles. The van der Waals surface area contributed by atoms with E-state index < -0.39 is 41.7 Å². The molecule has 3 aromatic rings. The number of nitrogens with zero attached hydrogens (tertiary/aromatic N) is 3. The largest absolute Gasteiger partial charge is 0.394 e. The lowest BCUT2D eigenvalue weighted by Crippen LogP contribution is -2.57. The van der Waals surface area contributed by atoms with E-state index in [4.69, 9.17) is 4.74 Å². The Hall–Kier alpha value is -4.27. The van der Waals surface area contributed by atoms with Crippen LogP contribution in [0.2, 0.25) is 0 Å². The Morgan fingerprint density at radius 3 is 2.36 bits per heavy atom. The molecule has 8 nitrogen and oxygen atoms in total. The molecule has 2 bridgehead atoms. The summed E-state index contributed by atoms with van der Waals surface area (Å²) in [6.45, 7) is 9.70. The van der Waals surface area contributed by atoms with E-state index in [2.05, 4.69) is 13.2 Å². The number of hydrogen-bond donors (Lipinski definition) is 1.